The van der Waals surface area contributed by atoms with Crippen molar-refractivity contribution < 1.29 is 13.9 Å². The number of Topliss-reactive ketones (excluding diaryl/α,β-unsaturated/α-hetero) is 1. The number of aryl methyl sites for hydroxylation is 1. The number of methoxy groups -OCH3 is 1. The molecule has 2 aromatic carbocycles. The Morgan fingerprint density at radius 1 is 1.03 bits per heavy atom. The lowest BCUT2D eigenvalue weighted by Crippen LogP contribution is -2.23. The Morgan fingerprint density at radius 3 is 2.61 bits per heavy atom. The van der Waals surface area contributed by atoms with Crippen LogP contribution in [0.2, 0.25) is 0 Å². The zero-order chi connectivity index (χ0) is 22.8. The van der Waals surface area contributed by atoms with E-state index < -0.39 is 6.04 Å². The summed E-state index contributed by atoms with van der Waals surface area (Å²) >= 11 is 1.43. The summed E-state index contributed by atoms with van der Waals surface area (Å²) in [5, 5.41) is 3.77. The van der Waals surface area contributed by atoms with Crippen LogP contribution >= 0.6 is 11.3 Å². The van der Waals surface area contributed by atoms with Crippen molar-refractivity contribution in [1.29, 1.82) is 0 Å². The molecule has 0 bridgehead atoms. The van der Waals surface area contributed by atoms with Crippen molar-refractivity contribution in [3.05, 3.63) is 83.6 Å². The first-order valence-corrected chi connectivity index (χ1v) is 11.0. The number of carbonyl (C=O) groups is 1. The van der Waals surface area contributed by atoms with Crippen LogP contribution in [0.1, 0.15) is 27.4 Å². The average molecular weight is 458 g/mol. The Labute approximate surface area is 193 Å². The molecule has 0 aliphatic rings. The summed E-state index contributed by atoms with van der Waals surface area (Å²) in [6, 6.07) is 16.3. The predicted molar refractivity (Wildman–Crippen MR) is 126 cm³/mol. The van der Waals surface area contributed by atoms with Crippen molar-refractivity contribution in [1.82, 2.24) is 19.9 Å². The van der Waals surface area contributed by atoms with E-state index in [1.165, 1.54) is 30.8 Å². The monoisotopic (exact) mass is 457 g/mol. The molecule has 0 fully saturated rings. The second kappa shape index (κ2) is 8.79. The SMILES string of the molecule is COc1cncc(NC(C(=O)c2nc(C)oc2-c2ccccc2)c2nc3ccccc3s2)n1. The molecule has 0 aliphatic carbocycles. The van der Waals surface area contributed by atoms with Crippen LogP contribution in [0, 0.1) is 6.92 Å². The average Bonchev–Trinajstić information content (AvgIpc) is 3.46. The maximum atomic E-state index is 13.9. The van der Waals surface area contributed by atoms with Gasteiger partial charge in [-0.3, -0.25) is 9.78 Å². The standard InChI is InChI=1S/C24H19N5O3S/c1-14-26-20(23(32-14)15-8-4-3-5-9-15)22(30)21(29-18-12-25-13-19(28-18)31-2)24-27-16-10-6-7-11-17(16)33-24/h3-13,21H,1-2H3,(H,28,29). The minimum Gasteiger partial charge on any atom is -0.480 e. The quantitative estimate of drug-likeness (QED) is 0.337. The van der Waals surface area contributed by atoms with E-state index in [1.807, 2.05) is 54.6 Å². The van der Waals surface area contributed by atoms with Gasteiger partial charge >= 0.3 is 0 Å². The Morgan fingerprint density at radius 2 is 1.82 bits per heavy atom. The fourth-order valence-corrected chi connectivity index (χ4v) is 4.45. The largest absolute Gasteiger partial charge is 0.480 e. The summed E-state index contributed by atoms with van der Waals surface area (Å²) in [7, 11) is 1.51. The van der Waals surface area contributed by atoms with Crippen molar-refractivity contribution in [3.63, 3.8) is 0 Å². The first kappa shape index (κ1) is 20.8. The van der Waals surface area contributed by atoms with E-state index in [0.29, 0.717) is 28.4 Å². The number of aromatic nitrogens is 4. The Kier molecular flexibility index (Phi) is 5.54. The van der Waals surface area contributed by atoms with E-state index in [-0.39, 0.29) is 11.5 Å². The highest BCUT2D eigenvalue weighted by atomic mass is 32.1. The smallest absolute Gasteiger partial charge is 0.233 e. The molecule has 1 N–H and O–H groups in total. The number of para-hydroxylation sites is 1. The number of hydrogen-bond acceptors (Lipinski definition) is 9. The summed E-state index contributed by atoms with van der Waals surface area (Å²) in [4.78, 5) is 31.5. The fraction of sp³-hybridized carbons (Fsp3) is 0.125. The second-order valence-electron chi connectivity index (χ2n) is 7.18. The molecule has 0 radical (unpaired) electrons. The first-order valence-electron chi connectivity index (χ1n) is 10.2. The molecular formula is C24H19N5O3S. The van der Waals surface area contributed by atoms with Crippen molar-refractivity contribution in [2.45, 2.75) is 13.0 Å². The van der Waals surface area contributed by atoms with E-state index in [9.17, 15) is 4.79 Å². The highest BCUT2D eigenvalue weighted by molar-refractivity contribution is 7.18. The zero-order valence-corrected chi connectivity index (χ0v) is 18.7. The van der Waals surface area contributed by atoms with Crippen molar-refractivity contribution in [2.24, 2.45) is 0 Å². The number of nitrogens with zero attached hydrogens (tertiary/aromatic N) is 4. The lowest BCUT2D eigenvalue weighted by molar-refractivity contribution is 0.0965. The number of ketones is 1. The first-order chi connectivity index (χ1) is 16.1. The van der Waals surface area contributed by atoms with Gasteiger partial charge in [-0.2, -0.15) is 4.98 Å². The molecule has 3 aromatic heterocycles. The fourth-order valence-electron chi connectivity index (χ4n) is 3.43. The molecule has 33 heavy (non-hydrogen) atoms. The molecule has 1 atom stereocenters. The summed E-state index contributed by atoms with van der Waals surface area (Å²) in [5.74, 6) is 1.25. The molecule has 8 nitrogen and oxygen atoms in total. The molecule has 0 saturated heterocycles. The van der Waals surface area contributed by atoms with Crippen LogP contribution in [0.5, 0.6) is 5.88 Å². The molecule has 9 heteroatoms. The van der Waals surface area contributed by atoms with Crippen LogP contribution < -0.4 is 10.1 Å². The summed E-state index contributed by atoms with van der Waals surface area (Å²) < 4.78 is 12.0. The molecule has 5 rings (SSSR count). The number of benzene rings is 2. The van der Waals surface area contributed by atoms with Gasteiger partial charge in [0, 0.05) is 12.5 Å². The number of anilines is 1. The van der Waals surface area contributed by atoms with Gasteiger partial charge in [0.15, 0.2) is 17.3 Å². The molecule has 0 amide bonds. The number of fused-ring (bicyclic) bond motifs is 1. The Bertz CT molecular complexity index is 1400. The maximum Gasteiger partial charge on any atom is 0.233 e. The predicted octanol–water partition coefficient (Wildman–Crippen LogP) is 5.09. The molecule has 1 unspecified atom stereocenters. The summed E-state index contributed by atoms with van der Waals surface area (Å²) in [6.07, 6.45) is 3.02. The minimum atomic E-state index is -0.851. The van der Waals surface area contributed by atoms with Gasteiger partial charge in [0.25, 0.3) is 0 Å². The van der Waals surface area contributed by atoms with Gasteiger partial charge < -0.3 is 14.5 Å². The van der Waals surface area contributed by atoms with E-state index in [4.69, 9.17) is 14.1 Å². The van der Waals surface area contributed by atoms with Gasteiger partial charge in [0.1, 0.15) is 16.9 Å². The van der Waals surface area contributed by atoms with Gasteiger partial charge in [0.05, 0.1) is 29.7 Å². The molecular weight excluding hydrogens is 438 g/mol. The van der Waals surface area contributed by atoms with E-state index in [2.05, 4.69) is 20.3 Å². The lowest BCUT2D eigenvalue weighted by Gasteiger charge is -2.15. The van der Waals surface area contributed by atoms with E-state index in [0.717, 1.165) is 15.8 Å². The van der Waals surface area contributed by atoms with Crippen LogP contribution in [-0.4, -0.2) is 32.8 Å². The maximum absolute atomic E-state index is 13.9. The zero-order valence-electron chi connectivity index (χ0n) is 17.9. The van der Waals surface area contributed by atoms with Crippen molar-refractivity contribution in [2.75, 3.05) is 12.4 Å². The number of thiazole rings is 1. The van der Waals surface area contributed by atoms with Crippen LogP contribution in [0.25, 0.3) is 21.5 Å². The number of ether oxygens (including phenoxy) is 1. The Hall–Kier alpha value is -4.11. The number of rotatable bonds is 7. The van der Waals surface area contributed by atoms with Gasteiger partial charge in [-0.15, -0.1) is 11.3 Å². The van der Waals surface area contributed by atoms with Crippen LogP contribution in [0.4, 0.5) is 5.82 Å². The summed E-state index contributed by atoms with van der Waals surface area (Å²) in [6.45, 7) is 1.72. The van der Waals surface area contributed by atoms with Gasteiger partial charge in [0.2, 0.25) is 11.7 Å². The highest BCUT2D eigenvalue weighted by Crippen LogP contribution is 2.33. The van der Waals surface area contributed by atoms with Crippen LogP contribution in [0.3, 0.4) is 0 Å². The number of hydrogen-bond donors (Lipinski definition) is 1. The molecule has 0 spiro atoms. The molecule has 3 heterocycles. The number of nitrogens with one attached hydrogen (secondary N) is 1. The van der Waals surface area contributed by atoms with Gasteiger partial charge in [-0.1, -0.05) is 42.5 Å². The van der Waals surface area contributed by atoms with E-state index in [1.54, 1.807) is 6.92 Å². The van der Waals surface area contributed by atoms with Crippen LogP contribution in [0.15, 0.2) is 71.4 Å². The summed E-state index contributed by atoms with van der Waals surface area (Å²) in [5.41, 5.74) is 1.81. The minimum absolute atomic E-state index is 0.228. The normalized spacial score (nSPS) is 11.9. The van der Waals surface area contributed by atoms with Crippen molar-refractivity contribution >= 4 is 33.2 Å². The van der Waals surface area contributed by atoms with Gasteiger partial charge in [-0.05, 0) is 12.1 Å². The Balaban J connectivity index is 1.60. The number of carbonyl (C=O) groups excluding carboxylic acids is 1. The second-order valence-corrected chi connectivity index (χ2v) is 8.25. The molecule has 0 saturated carbocycles. The third-order valence-electron chi connectivity index (χ3n) is 4.94. The molecule has 5 aromatic rings. The highest BCUT2D eigenvalue weighted by Gasteiger charge is 2.31. The van der Waals surface area contributed by atoms with E-state index >= 15 is 0 Å². The lowest BCUT2D eigenvalue weighted by atomic mass is 10.0. The molecule has 164 valence electrons. The molecule has 0 aliphatic heterocycles. The third-order valence-corrected chi connectivity index (χ3v) is 6.04. The van der Waals surface area contributed by atoms with Gasteiger partial charge in [-0.25, -0.2) is 9.97 Å². The third kappa shape index (κ3) is 4.18. The topological polar surface area (TPSA) is 103 Å². The number of oxazole rings is 1. The van der Waals surface area contributed by atoms with Crippen LogP contribution in [-0.2, 0) is 0 Å². The van der Waals surface area contributed by atoms with Crippen molar-refractivity contribution in [3.8, 4) is 17.2 Å².